The van der Waals surface area contributed by atoms with Crippen LogP contribution >= 0.6 is 0 Å². The number of hydrogen-bond acceptors (Lipinski definition) is 3. The maximum atomic E-state index is 5.46. The molecule has 1 saturated heterocycles. The Morgan fingerprint density at radius 2 is 2.17 bits per heavy atom. The van der Waals surface area contributed by atoms with Gasteiger partial charge in [0.2, 0.25) is 0 Å². The number of piperidine rings is 1. The molecule has 0 radical (unpaired) electrons. The molecule has 2 N–H and O–H groups in total. The molecular formula is C15H24N2O. The molecule has 2 rings (SSSR count). The van der Waals surface area contributed by atoms with Crippen molar-refractivity contribution in [2.75, 3.05) is 25.5 Å². The van der Waals surface area contributed by atoms with Gasteiger partial charge in [0.15, 0.2) is 0 Å². The van der Waals surface area contributed by atoms with Crippen molar-refractivity contribution in [2.45, 2.75) is 39.2 Å². The summed E-state index contributed by atoms with van der Waals surface area (Å²) in [6.07, 6.45) is 3.91. The van der Waals surface area contributed by atoms with E-state index in [0.717, 1.165) is 24.5 Å². The maximum Gasteiger partial charge on any atom is 0.142 e. The predicted molar refractivity (Wildman–Crippen MR) is 76.6 cm³/mol. The van der Waals surface area contributed by atoms with Crippen molar-refractivity contribution in [3.8, 4) is 5.75 Å². The van der Waals surface area contributed by atoms with E-state index in [4.69, 9.17) is 4.74 Å². The molecule has 0 bridgehead atoms. The van der Waals surface area contributed by atoms with Crippen LogP contribution in [0.3, 0.4) is 0 Å². The molecule has 18 heavy (non-hydrogen) atoms. The van der Waals surface area contributed by atoms with Gasteiger partial charge in [-0.05, 0) is 50.4 Å². The molecule has 0 saturated carbocycles. The van der Waals surface area contributed by atoms with E-state index in [9.17, 15) is 0 Å². The van der Waals surface area contributed by atoms with Crippen molar-refractivity contribution in [3.05, 3.63) is 23.3 Å². The van der Waals surface area contributed by atoms with E-state index in [2.05, 4.69) is 36.6 Å². The number of aryl methyl sites for hydroxylation is 2. The van der Waals surface area contributed by atoms with Crippen molar-refractivity contribution >= 4 is 5.69 Å². The molecule has 1 aromatic rings. The number of rotatable bonds is 4. The Balaban J connectivity index is 2.03. The third-order valence-electron chi connectivity index (χ3n) is 3.60. The number of anilines is 1. The number of ether oxygens (including phenoxy) is 1. The summed E-state index contributed by atoms with van der Waals surface area (Å²) in [6.45, 7) is 6.35. The minimum atomic E-state index is 0.587. The zero-order valence-corrected chi connectivity index (χ0v) is 11.7. The Hall–Kier alpha value is -1.22. The van der Waals surface area contributed by atoms with E-state index < -0.39 is 0 Å². The van der Waals surface area contributed by atoms with Crippen molar-refractivity contribution in [1.82, 2.24) is 5.32 Å². The zero-order chi connectivity index (χ0) is 13.0. The maximum absolute atomic E-state index is 5.46. The molecule has 3 nitrogen and oxygen atoms in total. The molecular weight excluding hydrogens is 224 g/mol. The summed E-state index contributed by atoms with van der Waals surface area (Å²) >= 11 is 0. The van der Waals surface area contributed by atoms with Crippen LogP contribution in [0.1, 0.15) is 30.4 Å². The summed E-state index contributed by atoms with van der Waals surface area (Å²) < 4.78 is 5.46. The minimum absolute atomic E-state index is 0.587. The average molecular weight is 248 g/mol. The highest BCUT2D eigenvalue weighted by atomic mass is 16.5. The van der Waals surface area contributed by atoms with Gasteiger partial charge in [0.25, 0.3) is 0 Å². The molecule has 1 unspecified atom stereocenters. The Morgan fingerprint density at radius 1 is 1.33 bits per heavy atom. The SMILES string of the molecule is COc1cc(C)cc(C)c1NCC1CCCCN1. The van der Waals surface area contributed by atoms with Gasteiger partial charge in [0.1, 0.15) is 5.75 Å². The largest absolute Gasteiger partial charge is 0.495 e. The second kappa shape index (κ2) is 6.10. The number of hydrogen-bond donors (Lipinski definition) is 2. The fourth-order valence-electron chi connectivity index (χ4n) is 2.64. The lowest BCUT2D eigenvalue weighted by Crippen LogP contribution is -2.39. The molecule has 0 aliphatic carbocycles. The van der Waals surface area contributed by atoms with Gasteiger partial charge < -0.3 is 15.4 Å². The molecule has 0 spiro atoms. The van der Waals surface area contributed by atoms with E-state index in [1.54, 1.807) is 7.11 Å². The normalized spacial score (nSPS) is 19.6. The first kappa shape index (κ1) is 13.2. The van der Waals surface area contributed by atoms with E-state index in [0.29, 0.717) is 6.04 Å². The van der Waals surface area contributed by atoms with Gasteiger partial charge in [-0.1, -0.05) is 12.5 Å². The van der Waals surface area contributed by atoms with Crippen LogP contribution in [0, 0.1) is 13.8 Å². The van der Waals surface area contributed by atoms with Crippen LogP contribution < -0.4 is 15.4 Å². The summed E-state index contributed by atoms with van der Waals surface area (Å²) in [5, 5.41) is 7.10. The first-order valence-corrected chi connectivity index (χ1v) is 6.83. The highest BCUT2D eigenvalue weighted by molar-refractivity contribution is 5.63. The summed E-state index contributed by atoms with van der Waals surface area (Å²) in [5.74, 6) is 0.948. The van der Waals surface area contributed by atoms with E-state index in [-0.39, 0.29) is 0 Å². The lowest BCUT2D eigenvalue weighted by molar-refractivity contribution is 0.407. The molecule has 1 aromatic carbocycles. The smallest absolute Gasteiger partial charge is 0.142 e. The molecule has 1 aliphatic heterocycles. The van der Waals surface area contributed by atoms with Gasteiger partial charge >= 0.3 is 0 Å². The van der Waals surface area contributed by atoms with E-state index >= 15 is 0 Å². The molecule has 0 amide bonds. The highest BCUT2D eigenvalue weighted by Gasteiger charge is 2.14. The molecule has 1 heterocycles. The molecule has 1 aliphatic rings. The van der Waals surface area contributed by atoms with Gasteiger partial charge in [-0.25, -0.2) is 0 Å². The van der Waals surface area contributed by atoms with Crippen LogP contribution in [0.2, 0.25) is 0 Å². The van der Waals surface area contributed by atoms with Gasteiger partial charge in [0, 0.05) is 12.6 Å². The van der Waals surface area contributed by atoms with Crippen LogP contribution in [0.25, 0.3) is 0 Å². The standard InChI is InChI=1S/C15H24N2O/c1-11-8-12(2)15(14(9-11)18-3)17-10-13-6-4-5-7-16-13/h8-9,13,16-17H,4-7,10H2,1-3H3. The summed E-state index contributed by atoms with van der Waals surface area (Å²) in [4.78, 5) is 0. The lowest BCUT2D eigenvalue weighted by atomic mass is 10.0. The Morgan fingerprint density at radius 3 is 2.83 bits per heavy atom. The van der Waals surface area contributed by atoms with Crippen LogP contribution in [-0.2, 0) is 0 Å². The van der Waals surface area contributed by atoms with Crippen LogP contribution in [0.15, 0.2) is 12.1 Å². The molecule has 1 fully saturated rings. The molecule has 3 heteroatoms. The van der Waals surface area contributed by atoms with Gasteiger partial charge in [-0.3, -0.25) is 0 Å². The number of nitrogens with one attached hydrogen (secondary N) is 2. The van der Waals surface area contributed by atoms with Crippen LogP contribution in [-0.4, -0.2) is 26.2 Å². The lowest BCUT2D eigenvalue weighted by Gasteiger charge is -2.25. The van der Waals surface area contributed by atoms with E-state index in [1.807, 2.05) is 0 Å². The highest BCUT2D eigenvalue weighted by Crippen LogP contribution is 2.29. The second-order valence-corrected chi connectivity index (χ2v) is 5.19. The van der Waals surface area contributed by atoms with E-state index in [1.165, 1.54) is 30.4 Å². The fraction of sp³-hybridized carbons (Fsp3) is 0.600. The van der Waals surface area contributed by atoms with Crippen molar-refractivity contribution in [3.63, 3.8) is 0 Å². The zero-order valence-electron chi connectivity index (χ0n) is 11.7. The van der Waals surface area contributed by atoms with Crippen molar-refractivity contribution in [1.29, 1.82) is 0 Å². The number of benzene rings is 1. The molecule has 0 aromatic heterocycles. The Labute approximate surface area is 110 Å². The first-order chi connectivity index (χ1) is 8.70. The van der Waals surface area contributed by atoms with Crippen LogP contribution in [0.4, 0.5) is 5.69 Å². The van der Waals surface area contributed by atoms with Crippen molar-refractivity contribution < 1.29 is 4.74 Å². The first-order valence-electron chi connectivity index (χ1n) is 6.83. The number of methoxy groups -OCH3 is 1. The van der Waals surface area contributed by atoms with Gasteiger partial charge in [-0.2, -0.15) is 0 Å². The molecule has 1 atom stereocenters. The monoisotopic (exact) mass is 248 g/mol. The summed E-state index contributed by atoms with van der Waals surface area (Å²) in [6, 6.07) is 4.87. The average Bonchev–Trinajstić information content (AvgIpc) is 2.38. The summed E-state index contributed by atoms with van der Waals surface area (Å²) in [5.41, 5.74) is 3.63. The van der Waals surface area contributed by atoms with Gasteiger partial charge in [0.05, 0.1) is 12.8 Å². The third kappa shape index (κ3) is 3.16. The molecule has 100 valence electrons. The fourth-order valence-corrected chi connectivity index (χ4v) is 2.64. The quantitative estimate of drug-likeness (QED) is 0.859. The van der Waals surface area contributed by atoms with Crippen LogP contribution in [0.5, 0.6) is 5.75 Å². The Bertz CT molecular complexity index is 398. The predicted octanol–water partition coefficient (Wildman–Crippen LogP) is 2.87. The summed E-state index contributed by atoms with van der Waals surface area (Å²) in [7, 11) is 1.73. The van der Waals surface area contributed by atoms with Gasteiger partial charge in [-0.15, -0.1) is 0 Å². The topological polar surface area (TPSA) is 33.3 Å². The minimum Gasteiger partial charge on any atom is -0.495 e. The van der Waals surface area contributed by atoms with Crippen molar-refractivity contribution in [2.24, 2.45) is 0 Å². The second-order valence-electron chi connectivity index (χ2n) is 5.19. The third-order valence-corrected chi connectivity index (χ3v) is 3.60. The Kier molecular flexibility index (Phi) is 4.48.